The maximum Gasteiger partial charge on any atom is 0.355 e. The second kappa shape index (κ2) is 18.8. The number of nitrogens with one attached hydrogen (secondary N) is 1. The van der Waals surface area contributed by atoms with Crippen molar-refractivity contribution in [3.05, 3.63) is 65.1 Å². The highest BCUT2D eigenvalue weighted by Crippen LogP contribution is 2.72. The Bertz CT molecular complexity index is 2710. The number of anilines is 4. The Kier molecular flexibility index (Phi) is 12.9. The number of thiazole rings is 1. The lowest BCUT2D eigenvalue weighted by molar-refractivity contribution is -0.249. The largest absolute Gasteiger partial charge is 0.476 e. The van der Waals surface area contributed by atoms with Crippen LogP contribution in [0.5, 0.6) is 0 Å². The van der Waals surface area contributed by atoms with Crippen molar-refractivity contribution in [3.8, 4) is 11.1 Å². The molecule has 0 radical (unpaired) electrons. The van der Waals surface area contributed by atoms with Gasteiger partial charge in [-0.05, 0) is 125 Å². The van der Waals surface area contributed by atoms with E-state index in [9.17, 15) is 19.5 Å². The number of hydrogen-bond acceptors (Lipinski definition) is 13. The summed E-state index contributed by atoms with van der Waals surface area (Å²) in [5.74, 6) is 1.29. The van der Waals surface area contributed by atoms with Crippen LogP contribution in [-0.4, -0.2) is 114 Å². The maximum atomic E-state index is 13.1. The lowest BCUT2D eigenvalue weighted by Crippen LogP contribution is -2.64. The van der Waals surface area contributed by atoms with Crippen LogP contribution in [0, 0.1) is 30.1 Å². The highest BCUT2D eigenvalue weighted by atomic mass is 32.1. The Labute approximate surface area is 409 Å². The van der Waals surface area contributed by atoms with Gasteiger partial charge in [0.15, 0.2) is 22.5 Å². The first-order valence-corrected chi connectivity index (χ1v) is 26.1. The molecular formula is C53H68N10O5S. The molecule has 1 saturated heterocycles. The highest BCUT2D eigenvalue weighted by Gasteiger charge is 2.66. The average molecular weight is 957 g/mol. The van der Waals surface area contributed by atoms with E-state index in [1.54, 1.807) is 18.3 Å². The topological polar surface area (TPSA) is 172 Å². The number of aromatic nitrogens is 6. The number of aromatic carboxylic acids is 1. The van der Waals surface area contributed by atoms with E-state index in [4.69, 9.17) is 19.8 Å². The van der Waals surface area contributed by atoms with Gasteiger partial charge in [-0.1, -0.05) is 50.2 Å². The molecule has 11 rings (SSSR count). The van der Waals surface area contributed by atoms with Crippen LogP contribution in [0.15, 0.2) is 42.6 Å². The molecule has 2 unspecified atom stereocenters. The number of unbranched alkanes of at least 4 members (excludes halogenated alkanes) is 3. The lowest BCUT2D eigenvalue weighted by Gasteiger charge is -2.69. The van der Waals surface area contributed by atoms with Gasteiger partial charge in [0.25, 0.3) is 0 Å². The van der Waals surface area contributed by atoms with Gasteiger partial charge in [-0.2, -0.15) is 5.10 Å². The molecule has 1 amide bonds. The molecule has 2 aliphatic heterocycles. The number of para-hydroxylation sites is 1. The van der Waals surface area contributed by atoms with Gasteiger partial charge in [-0.3, -0.25) is 14.4 Å². The molecule has 6 aliphatic rings. The molecule has 4 bridgehead atoms. The Balaban J connectivity index is 0.797. The van der Waals surface area contributed by atoms with Crippen molar-refractivity contribution in [1.82, 2.24) is 39.7 Å². The van der Waals surface area contributed by atoms with Crippen LogP contribution in [0.4, 0.5) is 22.6 Å². The summed E-state index contributed by atoms with van der Waals surface area (Å²) in [6.45, 7) is 16.9. The van der Waals surface area contributed by atoms with E-state index in [1.807, 2.05) is 53.3 Å². The minimum Gasteiger partial charge on any atom is -0.476 e. The number of fused-ring (bicyclic) bond motifs is 2. The van der Waals surface area contributed by atoms with Crippen LogP contribution in [-0.2, 0) is 27.3 Å². The van der Waals surface area contributed by atoms with E-state index in [2.05, 4.69) is 51.9 Å². The second-order valence-electron chi connectivity index (χ2n) is 22.1. The normalized spacial score (nSPS) is 25.3. The molecule has 4 aromatic heterocycles. The number of ether oxygens (including phenoxy) is 1. The van der Waals surface area contributed by atoms with Gasteiger partial charge in [0, 0.05) is 86.6 Å². The first kappa shape index (κ1) is 47.4. The number of piperazine rings is 1. The number of carboxylic acids is 1. The van der Waals surface area contributed by atoms with Crippen LogP contribution in [0.3, 0.4) is 0 Å². The first-order chi connectivity index (χ1) is 33.1. The molecule has 4 saturated carbocycles. The van der Waals surface area contributed by atoms with Crippen molar-refractivity contribution in [2.45, 2.75) is 137 Å². The molecule has 4 atom stereocenters. The molecule has 1 aromatic carbocycles. The van der Waals surface area contributed by atoms with Crippen molar-refractivity contribution in [3.63, 3.8) is 0 Å². The number of carboxylic acid groups (broad SMARTS) is 1. The summed E-state index contributed by atoms with van der Waals surface area (Å²) < 4.78 is 10.3. The third kappa shape index (κ3) is 9.77. The van der Waals surface area contributed by atoms with Gasteiger partial charge in [0.1, 0.15) is 11.6 Å². The minimum atomic E-state index is -1.09. The molecule has 69 heavy (non-hydrogen) atoms. The number of Topliss-reactive ketones (excluding diaryl/α,β-unsaturated/α-hetero) is 1. The number of amides is 1. The number of ketones is 1. The highest BCUT2D eigenvalue weighted by molar-refractivity contribution is 7.22. The van der Waals surface area contributed by atoms with Crippen molar-refractivity contribution < 1.29 is 24.2 Å². The standard InChI is InChI=1S/C53H68N10O5S/c1-35(64)13-8-6-7-9-17-44(65)61-23-21-60(22-24-61)25-26-68-53-31-50(4)28-51(5,32-53)30-52(29-50,33-53)34-63-37(3)40(27-54-63)39-18-19-43(56-45(39)48(66)67)62-20-12-14-38-36(2)46(58-59-47(38)62)57-49-55-41-15-10-11-16-42(41)69-49/h10-11,15-16,18-19,27H,6-9,12-14,17,20-26,28-34H2,1-5H3,(H,66,67)(H,55,57,58)/t50-,51+,52?,53?. The second-order valence-corrected chi connectivity index (χ2v) is 23.1. The van der Waals surface area contributed by atoms with Crippen molar-refractivity contribution in [1.29, 1.82) is 0 Å². The summed E-state index contributed by atoms with van der Waals surface area (Å²) in [4.78, 5) is 53.2. The number of carbonyl (C=O) groups excluding carboxylic acids is 2. The SMILES string of the molecule is CC(=O)CCCCCCC(=O)N1CCN(CCOC23CC4(Cn5ncc(-c6ccc(N7CCCc8c7nnc(Nc7nc9ccccc9s7)c8C)nc6C(=O)O)c5C)C[C@@](C)(C2)C[C@](C)(C4)C3)CC1. The van der Waals surface area contributed by atoms with Crippen LogP contribution in [0.1, 0.15) is 132 Å². The van der Waals surface area contributed by atoms with Crippen LogP contribution in [0.25, 0.3) is 21.3 Å². The third-order valence-electron chi connectivity index (χ3n) is 16.0. The van der Waals surface area contributed by atoms with Gasteiger partial charge in [-0.15, -0.1) is 10.2 Å². The minimum absolute atomic E-state index is 0.00798. The van der Waals surface area contributed by atoms with Gasteiger partial charge >= 0.3 is 5.97 Å². The Morgan fingerprint density at radius 3 is 2.33 bits per heavy atom. The maximum absolute atomic E-state index is 13.1. The van der Waals surface area contributed by atoms with E-state index in [0.717, 1.165) is 148 Å². The Morgan fingerprint density at radius 2 is 1.59 bits per heavy atom. The molecule has 2 N–H and O–H groups in total. The molecule has 4 aliphatic carbocycles. The molecule has 366 valence electrons. The monoisotopic (exact) mass is 957 g/mol. The first-order valence-electron chi connectivity index (χ1n) is 25.3. The van der Waals surface area contributed by atoms with Crippen molar-refractivity contribution in [2.75, 3.05) is 56.1 Å². The van der Waals surface area contributed by atoms with Gasteiger partial charge in [0.05, 0.1) is 28.6 Å². The summed E-state index contributed by atoms with van der Waals surface area (Å²) in [7, 11) is 0. The molecular weight excluding hydrogens is 889 g/mol. The third-order valence-corrected chi connectivity index (χ3v) is 17.0. The predicted octanol–water partition coefficient (Wildman–Crippen LogP) is 9.70. The van der Waals surface area contributed by atoms with Crippen LogP contribution in [0.2, 0.25) is 0 Å². The van der Waals surface area contributed by atoms with Crippen LogP contribution >= 0.6 is 11.3 Å². The smallest absolute Gasteiger partial charge is 0.355 e. The van der Waals surface area contributed by atoms with E-state index < -0.39 is 5.97 Å². The number of carbonyl (C=O) groups is 3. The number of nitrogens with zero attached hydrogens (tertiary/aromatic N) is 9. The number of hydrogen-bond donors (Lipinski definition) is 2. The summed E-state index contributed by atoms with van der Waals surface area (Å²) in [6.07, 6.45) is 15.2. The van der Waals surface area contributed by atoms with Gasteiger partial charge in [-0.25, -0.2) is 14.8 Å². The predicted molar refractivity (Wildman–Crippen MR) is 269 cm³/mol. The summed E-state index contributed by atoms with van der Waals surface area (Å²) in [6, 6.07) is 11.8. The molecule has 15 nitrogen and oxygen atoms in total. The summed E-state index contributed by atoms with van der Waals surface area (Å²) in [5.41, 5.74) is 5.41. The zero-order valence-electron chi connectivity index (χ0n) is 41.1. The van der Waals surface area contributed by atoms with Crippen molar-refractivity contribution in [2.24, 2.45) is 16.2 Å². The molecule has 5 aromatic rings. The number of benzene rings is 1. The summed E-state index contributed by atoms with van der Waals surface area (Å²) in [5, 5.41) is 29.1. The lowest BCUT2D eigenvalue weighted by atomic mass is 9.39. The number of rotatable bonds is 18. The molecule has 5 fully saturated rings. The number of pyridine rings is 1. The molecule has 0 spiro atoms. The van der Waals surface area contributed by atoms with E-state index in [0.29, 0.717) is 49.0 Å². The zero-order valence-corrected chi connectivity index (χ0v) is 41.9. The van der Waals surface area contributed by atoms with E-state index >= 15 is 0 Å². The fourth-order valence-electron chi connectivity index (χ4n) is 14.0. The zero-order chi connectivity index (χ0) is 48.1. The molecule has 6 heterocycles. The average Bonchev–Trinajstić information content (AvgIpc) is 3.88. The summed E-state index contributed by atoms with van der Waals surface area (Å²) >= 11 is 1.57. The quantitative estimate of drug-likeness (QED) is 0.0796. The molecule has 16 heteroatoms. The van der Waals surface area contributed by atoms with Crippen LogP contribution < -0.4 is 10.2 Å². The Hall–Kier alpha value is -5.32. The fourth-order valence-corrected chi connectivity index (χ4v) is 14.9. The van der Waals surface area contributed by atoms with E-state index in [-0.39, 0.29) is 39.2 Å². The van der Waals surface area contributed by atoms with Crippen molar-refractivity contribution >= 4 is 61.8 Å². The van der Waals surface area contributed by atoms with E-state index in [1.165, 1.54) is 6.42 Å². The fraction of sp³-hybridized carbons (Fsp3) is 0.585. The van der Waals surface area contributed by atoms with Gasteiger partial charge < -0.3 is 29.8 Å². The Morgan fingerprint density at radius 1 is 0.841 bits per heavy atom. The van der Waals surface area contributed by atoms with Gasteiger partial charge in [0.2, 0.25) is 5.91 Å².